The lowest BCUT2D eigenvalue weighted by molar-refractivity contribution is -0.870. The molecule has 14 heteroatoms. The molecule has 1 aliphatic carbocycles. The number of unbranched alkanes of at least 4 members (excludes halogenated alkanes) is 13. The number of ketones is 1. The summed E-state index contributed by atoms with van der Waals surface area (Å²) in [4.78, 5) is 46.6. The number of methoxy groups -OCH3 is 1. The van der Waals surface area contributed by atoms with Gasteiger partial charge in [-0.3, -0.25) is 14.2 Å². The lowest BCUT2D eigenvalue weighted by Crippen LogP contribution is -2.50. The summed E-state index contributed by atoms with van der Waals surface area (Å²) in [6.45, 7) is 10.4. The Morgan fingerprint density at radius 1 is 0.833 bits per heavy atom. The zero-order valence-corrected chi connectivity index (χ0v) is 39.9. The average molecular weight is 874 g/mol. The maximum Gasteiger partial charge on any atom is 0.306 e. The van der Waals surface area contributed by atoms with Gasteiger partial charge in [0.05, 0.1) is 40.8 Å². The van der Waals surface area contributed by atoms with Crippen molar-refractivity contribution in [3.8, 4) is 0 Å². The van der Waals surface area contributed by atoms with Crippen LogP contribution in [0, 0.1) is 5.92 Å². The van der Waals surface area contributed by atoms with Crippen molar-refractivity contribution in [3.63, 3.8) is 0 Å². The lowest BCUT2D eigenvalue weighted by Gasteiger charge is -2.41. The van der Waals surface area contributed by atoms with Gasteiger partial charge in [-0.15, -0.1) is 0 Å². The van der Waals surface area contributed by atoms with Crippen LogP contribution in [0.5, 0.6) is 0 Å². The maximum atomic E-state index is 12.1. The highest BCUT2D eigenvalue weighted by atomic mass is 31.2. The summed E-state index contributed by atoms with van der Waals surface area (Å²) in [5.41, 5.74) is 2.33. The van der Waals surface area contributed by atoms with Crippen LogP contribution in [-0.4, -0.2) is 112 Å². The van der Waals surface area contributed by atoms with E-state index in [9.17, 15) is 28.9 Å². The maximum absolute atomic E-state index is 12.1. The second kappa shape index (κ2) is 31.0. The summed E-state index contributed by atoms with van der Waals surface area (Å²) in [7, 11) is 2.92. The number of likely N-dealkylation sites (N-methyl/N-ethyl adjacent to an activating group) is 1. The fourth-order valence-electron chi connectivity index (χ4n) is 7.25. The van der Waals surface area contributed by atoms with Crippen LogP contribution in [-0.2, 0) is 46.9 Å². The number of nitrogens with zero attached hydrogens (tertiary/aromatic N) is 1. The number of hydrogen-bond acceptors (Lipinski definition) is 12. The Bertz CT molecular complexity index is 1320. The van der Waals surface area contributed by atoms with Gasteiger partial charge < -0.3 is 47.3 Å². The summed E-state index contributed by atoms with van der Waals surface area (Å²) < 4.78 is 44.0. The first kappa shape index (κ1) is 56.1. The Labute approximate surface area is 363 Å². The third-order valence-electron chi connectivity index (χ3n) is 10.9. The molecule has 0 bridgehead atoms. The molecule has 6 atom stereocenters. The molecule has 1 saturated carbocycles. The van der Waals surface area contributed by atoms with Crippen LogP contribution in [0.3, 0.4) is 0 Å². The van der Waals surface area contributed by atoms with Crippen molar-refractivity contribution in [1.82, 2.24) is 0 Å². The van der Waals surface area contributed by atoms with Gasteiger partial charge in [0.2, 0.25) is 0 Å². The van der Waals surface area contributed by atoms with E-state index < -0.39 is 20.5 Å². The number of aliphatic hydroxyl groups is 1. The first-order valence-corrected chi connectivity index (χ1v) is 24.2. The molecule has 1 heterocycles. The minimum Gasteiger partial charge on any atom is -0.756 e. The second-order valence-electron chi connectivity index (χ2n) is 18.0. The van der Waals surface area contributed by atoms with Crippen LogP contribution >= 0.6 is 7.82 Å². The molecule has 1 aliphatic heterocycles. The molecule has 1 saturated heterocycles. The predicted molar refractivity (Wildman–Crippen MR) is 234 cm³/mol. The van der Waals surface area contributed by atoms with Crippen molar-refractivity contribution in [3.05, 3.63) is 23.3 Å². The van der Waals surface area contributed by atoms with Gasteiger partial charge in [0.1, 0.15) is 49.5 Å². The Morgan fingerprint density at radius 3 is 1.90 bits per heavy atom. The molecule has 13 nitrogen and oxygen atoms in total. The van der Waals surface area contributed by atoms with E-state index in [1.165, 1.54) is 88.7 Å². The van der Waals surface area contributed by atoms with Gasteiger partial charge in [-0.25, -0.2) is 0 Å². The van der Waals surface area contributed by atoms with Gasteiger partial charge in [0.25, 0.3) is 7.82 Å². The molecule has 2 rings (SSSR count). The molecule has 2 fully saturated rings. The van der Waals surface area contributed by atoms with Crippen molar-refractivity contribution >= 4 is 25.5 Å². The molecule has 350 valence electrons. The minimum atomic E-state index is -4.49. The quantitative estimate of drug-likeness (QED) is 0.0171. The van der Waals surface area contributed by atoms with Crippen LogP contribution in [0.4, 0.5) is 0 Å². The number of aliphatic hydroxyl groups excluding tert-OH is 1. The molecule has 1 spiro atoms. The van der Waals surface area contributed by atoms with Gasteiger partial charge in [-0.05, 0) is 53.4 Å². The molecule has 2 aliphatic rings. The summed E-state index contributed by atoms with van der Waals surface area (Å²) in [6.07, 6.45) is 23.3. The molecule has 0 amide bonds. The number of esters is 2. The highest BCUT2D eigenvalue weighted by molar-refractivity contribution is 7.45. The monoisotopic (exact) mass is 874 g/mol. The first-order chi connectivity index (χ1) is 28.3. The molecule has 0 aromatic rings. The topological polar surface area (TPSA) is 170 Å². The van der Waals surface area contributed by atoms with Gasteiger partial charge >= 0.3 is 11.9 Å². The zero-order chi connectivity index (χ0) is 45.0. The zero-order valence-electron chi connectivity index (χ0n) is 39.0. The van der Waals surface area contributed by atoms with Gasteiger partial charge in [-0.2, -0.15) is 0 Å². The third-order valence-corrected chi connectivity index (χ3v) is 11.9. The van der Waals surface area contributed by atoms with Crippen LogP contribution in [0.15, 0.2) is 23.3 Å². The normalized spacial score (nSPS) is 21.6. The number of ether oxygens (including phenoxy) is 4. The van der Waals surface area contributed by atoms with Crippen molar-refractivity contribution in [2.75, 3.05) is 61.2 Å². The van der Waals surface area contributed by atoms with E-state index in [0.29, 0.717) is 17.4 Å². The molecule has 1 N–H and O–H groups in total. The third kappa shape index (κ3) is 27.2. The number of quaternary nitrogens is 1. The number of phosphoric ester groups is 1. The standard InChI is InChI=1S/C25H52NO7P.C21H32O5/c1-5-6-7-8-9-10-11-12-13-14-15-16-17-18-19-25(28)31-22-24(27)23-33-34(29,30)32-21-20-26(2,3)4;1-14(2)7-6-8-15(3)19-20(24-5)17(11-12-21(19)13-25-21)26-18(23)10-9-16(4)22/h24,27H,5-23H2,1-4H3;7-8,17,19-20H,6,9-13H2,1-5H3/b;15-8+/t;17-,19+,20-,21+/m.1/s1. The van der Waals surface area contributed by atoms with E-state index in [4.69, 9.17) is 23.5 Å². The fraction of sp³-hybridized carbons (Fsp3) is 0.848. The number of Topliss-reactive ketones (excluding diaryl/α,β-unsaturated/α-hetero) is 1. The van der Waals surface area contributed by atoms with Crippen LogP contribution in [0.2, 0.25) is 0 Å². The molecule has 0 aromatic heterocycles. The van der Waals surface area contributed by atoms with E-state index in [-0.39, 0.29) is 67.5 Å². The van der Waals surface area contributed by atoms with Crippen LogP contribution in [0.25, 0.3) is 0 Å². The molecule has 0 radical (unpaired) electrons. The number of rotatable bonds is 32. The Hall–Kier alpha value is -1.96. The van der Waals surface area contributed by atoms with Crippen molar-refractivity contribution in [2.45, 2.75) is 187 Å². The summed E-state index contributed by atoms with van der Waals surface area (Å²) in [6, 6.07) is 0. The Kier molecular flexibility index (Phi) is 28.9. The number of carbonyl (C=O) groups is 3. The molecular formula is C46H84NO12P. The summed E-state index contributed by atoms with van der Waals surface area (Å²) >= 11 is 0. The van der Waals surface area contributed by atoms with Crippen LogP contribution < -0.4 is 4.89 Å². The largest absolute Gasteiger partial charge is 0.756 e. The molecule has 60 heavy (non-hydrogen) atoms. The highest BCUT2D eigenvalue weighted by Gasteiger charge is 2.59. The summed E-state index contributed by atoms with van der Waals surface area (Å²) in [5, 5.41) is 9.79. The highest BCUT2D eigenvalue weighted by Crippen LogP contribution is 2.50. The number of hydrogen-bond donors (Lipinski definition) is 1. The van der Waals surface area contributed by atoms with Crippen molar-refractivity contribution in [1.29, 1.82) is 0 Å². The Balaban J connectivity index is 0.000000619. The molecular weight excluding hydrogens is 789 g/mol. The smallest absolute Gasteiger partial charge is 0.306 e. The van der Waals surface area contributed by atoms with E-state index >= 15 is 0 Å². The van der Waals surface area contributed by atoms with E-state index in [1.54, 1.807) is 7.11 Å². The minimum absolute atomic E-state index is 0.00449. The molecule has 0 aromatic carbocycles. The van der Waals surface area contributed by atoms with Crippen molar-refractivity contribution in [2.24, 2.45) is 5.92 Å². The van der Waals surface area contributed by atoms with E-state index in [1.807, 2.05) is 21.1 Å². The van der Waals surface area contributed by atoms with E-state index in [0.717, 1.165) is 45.1 Å². The average Bonchev–Trinajstić information content (AvgIpc) is 3.95. The van der Waals surface area contributed by atoms with Gasteiger partial charge in [-0.1, -0.05) is 114 Å². The van der Waals surface area contributed by atoms with Crippen molar-refractivity contribution < 1.29 is 61.4 Å². The lowest BCUT2D eigenvalue weighted by atomic mass is 9.72. The number of epoxide rings is 1. The van der Waals surface area contributed by atoms with Gasteiger partial charge in [0, 0.05) is 25.9 Å². The number of phosphoric acid groups is 1. The second-order valence-corrected chi connectivity index (χ2v) is 19.4. The SMILES string of the molecule is CCCCCCCCCCCCCCCCC(=O)OCC(O)COP(=O)([O-])OCC[N+](C)(C)C.CO[C@@H]1[C@H](OC(=O)CCC(C)=O)CC[C@]2(CO2)[C@H]1/C(C)=C/CC=C(C)C. The Morgan fingerprint density at radius 2 is 1.40 bits per heavy atom. The molecule has 2 unspecified atom stereocenters. The number of allylic oxidation sites excluding steroid dienone is 3. The fourth-order valence-corrected chi connectivity index (χ4v) is 7.99. The first-order valence-electron chi connectivity index (χ1n) is 22.7. The van der Waals surface area contributed by atoms with Gasteiger partial charge in [0.15, 0.2) is 0 Å². The van der Waals surface area contributed by atoms with E-state index in [2.05, 4.69) is 44.4 Å². The predicted octanol–water partition coefficient (Wildman–Crippen LogP) is 8.73. The summed E-state index contributed by atoms with van der Waals surface area (Å²) in [5.74, 6) is -0.639. The number of carbonyl (C=O) groups excluding carboxylic acids is 3. The van der Waals surface area contributed by atoms with Crippen LogP contribution in [0.1, 0.15) is 163 Å².